The van der Waals surface area contributed by atoms with Gasteiger partial charge in [0.05, 0.1) is 11.3 Å². The molecule has 3 N–H and O–H groups in total. The van der Waals surface area contributed by atoms with E-state index in [2.05, 4.69) is 15.3 Å². The lowest BCUT2D eigenvalue weighted by Crippen LogP contribution is -2.30. The van der Waals surface area contributed by atoms with Crippen LogP contribution in [0.1, 0.15) is 10.4 Å². The van der Waals surface area contributed by atoms with Gasteiger partial charge in [-0.3, -0.25) is 14.3 Å². The molecule has 0 aliphatic heterocycles. The molecule has 2 heterocycles. The third kappa shape index (κ3) is 4.67. The van der Waals surface area contributed by atoms with E-state index in [-0.39, 0.29) is 17.3 Å². The number of carbonyl (C=O) groups excluding carboxylic acids is 1. The molecule has 0 aliphatic carbocycles. The van der Waals surface area contributed by atoms with Crippen LogP contribution in [0.2, 0.25) is 5.02 Å². The van der Waals surface area contributed by atoms with Gasteiger partial charge in [-0.05, 0) is 35.9 Å². The fourth-order valence-electron chi connectivity index (χ4n) is 3.20. The first kappa shape index (κ1) is 20.4. The number of halogens is 1. The normalized spacial score (nSPS) is 10.7. The van der Waals surface area contributed by atoms with E-state index in [9.17, 15) is 14.7 Å². The highest BCUT2D eigenvalue weighted by molar-refractivity contribution is 6.30. The molecule has 0 saturated carbocycles. The maximum absolute atomic E-state index is 12.7. The number of amides is 1. The number of hydrogen-bond acceptors (Lipinski definition) is 4. The first-order valence-electron chi connectivity index (χ1n) is 9.58. The molecule has 2 aromatic heterocycles. The Hall–Kier alpha value is -3.84. The highest BCUT2D eigenvalue weighted by Crippen LogP contribution is 2.32. The topological polar surface area (TPSA) is 100 Å². The minimum Gasteiger partial charge on any atom is -0.508 e. The molecule has 0 radical (unpaired) electrons. The maximum Gasteiger partial charge on any atom is 0.325 e. The number of nitrogens with one attached hydrogen (secondary N) is 2. The Morgan fingerprint density at radius 2 is 1.81 bits per heavy atom. The molecule has 0 aliphatic rings. The Kier molecular flexibility index (Phi) is 5.86. The predicted molar refractivity (Wildman–Crippen MR) is 119 cm³/mol. The number of carbonyl (C=O) groups is 1. The molecule has 1 amide bonds. The lowest BCUT2D eigenvalue weighted by atomic mass is 9.97. The third-order valence-corrected chi connectivity index (χ3v) is 5.06. The number of pyridine rings is 1. The van der Waals surface area contributed by atoms with Crippen LogP contribution in [-0.4, -0.2) is 32.1 Å². The fourth-order valence-corrected chi connectivity index (χ4v) is 3.33. The van der Waals surface area contributed by atoms with Crippen LogP contribution in [0.4, 0.5) is 0 Å². The first-order chi connectivity index (χ1) is 15.0. The Labute approximate surface area is 183 Å². The molecule has 0 saturated heterocycles. The van der Waals surface area contributed by atoms with Crippen molar-refractivity contribution in [3.05, 3.63) is 94.3 Å². The van der Waals surface area contributed by atoms with E-state index in [1.807, 2.05) is 12.1 Å². The summed E-state index contributed by atoms with van der Waals surface area (Å²) in [4.78, 5) is 31.3. The fraction of sp³-hybridized carbons (Fsp3) is 0.0870. The number of aromatic nitrogens is 3. The molecule has 156 valence electrons. The molecule has 0 atom stereocenters. The van der Waals surface area contributed by atoms with Gasteiger partial charge in [-0.25, -0.2) is 4.79 Å². The van der Waals surface area contributed by atoms with Crippen molar-refractivity contribution in [3.8, 4) is 28.1 Å². The van der Waals surface area contributed by atoms with Gasteiger partial charge in [-0.15, -0.1) is 0 Å². The first-order valence-corrected chi connectivity index (χ1v) is 9.96. The summed E-state index contributed by atoms with van der Waals surface area (Å²) in [5, 5.41) is 13.1. The van der Waals surface area contributed by atoms with Gasteiger partial charge in [0.2, 0.25) is 0 Å². The van der Waals surface area contributed by atoms with Crippen LogP contribution in [0.25, 0.3) is 22.4 Å². The smallest absolute Gasteiger partial charge is 0.325 e. The highest BCUT2D eigenvalue weighted by atomic mass is 35.5. The minimum absolute atomic E-state index is 0.152. The van der Waals surface area contributed by atoms with Crippen LogP contribution >= 0.6 is 11.6 Å². The number of phenols is 1. The maximum atomic E-state index is 12.7. The van der Waals surface area contributed by atoms with Gasteiger partial charge in [-0.1, -0.05) is 35.9 Å². The molecular weight excluding hydrogens is 416 g/mol. The van der Waals surface area contributed by atoms with Crippen LogP contribution in [0.3, 0.4) is 0 Å². The SMILES string of the molecule is O=C(NCCn1cc[nH]c1=O)c1cnc(-c2ccc(Cl)cc2)c(-c2ccc(O)cc2)c1. The van der Waals surface area contributed by atoms with Gasteiger partial charge >= 0.3 is 5.69 Å². The zero-order valence-electron chi connectivity index (χ0n) is 16.4. The molecule has 8 heteroatoms. The summed E-state index contributed by atoms with van der Waals surface area (Å²) < 4.78 is 1.48. The number of nitrogens with zero attached hydrogens (tertiary/aromatic N) is 2. The van der Waals surface area contributed by atoms with Gasteiger partial charge in [-0.2, -0.15) is 0 Å². The van der Waals surface area contributed by atoms with Crippen molar-refractivity contribution in [2.75, 3.05) is 6.54 Å². The molecule has 7 nitrogen and oxygen atoms in total. The lowest BCUT2D eigenvalue weighted by molar-refractivity contribution is 0.0952. The van der Waals surface area contributed by atoms with Crippen molar-refractivity contribution >= 4 is 17.5 Å². The second-order valence-electron chi connectivity index (χ2n) is 6.89. The molecular formula is C23H19ClN4O3. The second-order valence-corrected chi connectivity index (χ2v) is 7.32. The molecule has 4 aromatic rings. The van der Waals surface area contributed by atoms with Gasteiger partial charge in [0.1, 0.15) is 5.75 Å². The Bertz CT molecular complexity index is 1260. The van der Waals surface area contributed by atoms with Gasteiger partial charge < -0.3 is 15.4 Å². The standard InChI is InChI=1S/C23H19ClN4O3/c24-18-5-1-16(2-6-18)21-20(15-3-7-19(29)8-4-15)13-17(14-27-21)22(30)25-9-11-28-12-10-26-23(28)31/h1-8,10,12-14,29H,9,11H2,(H,25,30)(H,26,31). The van der Waals surface area contributed by atoms with E-state index in [0.717, 1.165) is 16.7 Å². The highest BCUT2D eigenvalue weighted by Gasteiger charge is 2.14. The quantitative estimate of drug-likeness (QED) is 0.431. The van der Waals surface area contributed by atoms with E-state index in [1.54, 1.807) is 54.9 Å². The lowest BCUT2D eigenvalue weighted by Gasteiger charge is -2.12. The predicted octanol–water partition coefficient (Wildman–Crippen LogP) is 3.69. The van der Waals surface area contributed by atoms with Crippen molar-refractivity contribution in [2.45, 2.75) is 6.54 Å². The van der Waals surface area contributed by atoms with Crippen LogP contribution in [0, 0.1) is 0 Å². The van der Waals surface area contributed by atoms with Crippen molar-refractivity contribution in [1.82, 2.24) is 19.9 Å². The summed E-state index contributed by atoms with van der Waals surface area (Å²) in [5.74, 6) is -0.141. The summed E-state index contributed by atoms with van der Waals surface area (Å²) >= 11 is 6.01. The number of benzene rings is 2. The summed E-state index contributed by atoms with van der Waals surface area (Å²) in [5.41, 5.74) is 3.27. The van der Waals surface area contributed by atoms with Gasteiger partial charge in [0, 0.05) is 47.8 Å². The molecule has 0 spiro atoms. The number of hydrogen-bond donors (Lipinski definition) is 3. The van der Waals surface area contributed by atoms with Crippen molar-refractivity contribution in [2.24, 2.45) is 0 Å². The Balaban J connectivity index is 1.63. The second kappa shape index (κ2) is 8.89. The van der Waals surface area contributed by atoms with Gasteiger partial charge in [0.25, 0.3) is 5.91 Å². The van der Waals surface area contributed by atoms with Crippen molar-refractivity contribution in [1.29, 1.82) is 0 Å². The van der Waals surface area contributed by atoms with Crippen LogP contribution in [-0.2, 0) is 6.54 Å². The van der Waals surface area contributed by atoms with E-state index in [0.29, 0.717) is 29.4 Å². The van der Waals surface area contributed by atoms with E-state index in [1.165, 1.54) is 10.8 Å². The Morgan fingerprint density at radius 3 is 2.48 bits per heavy atom. The van der Waals surface area contributed by atoms with Gasteiger partial charge in [0.15, 0.2) is 0 Å². The van der Waals surface area contributed by atoms with Crippen LogP contribution in [0.15, 0.2) is 78.0 Å². The molecule has 4 rings (SSSR count). The van der Waals surface area contributed by atoms with Crippen molar-refractivity contribution in [3.63, 3.8) is 0 Å². The number of phenolic OH excluding ortho intramolecular Hbond substituents is 1. The van der Waals surface area contributed by atoms with E-state index in [4.69, 9.17) is 11.6 Å². The Morgan fingerprint density at radius 1 is 1.10 bits per heavy atom. The molecule has 0 bridgehead atoms. The number of H-pyrrole nitrogens is 1. The molecule has 0 unspecified atom stereocenters. The van der Waals surface area contributed by atoms with Crippen LogP contribution < -0.4 is 11.0 Å². The molecule has 0 fully saturated rings. The zero-order valence-corrected chi connectivity index (χ0v) is 17.1. The largest absolute Gasteiger partial charge is 0.508 e. The summed E-state index contributed by atoms with van der Waals surface area (Å²) in [6, 6.07) is 15.8. The average molecular weight is 435 g/mol. The summed E-state index contributed by atoms with van der Waals surface area (Å²) in [7, 11) is 0. The monoisotopic (exact) mass is 434 g/mol. The zero-order chi connectivity index (χ0) is 21.8. The van der Waals surface area contributed by atoms with Crippen LogP contribution in [0.5, 0.6) is 5.75 Å². The number of aromatic amines is 1. The number of rotatable bonds is 6. The number of aromatic hydroxyl groups is 1. The van der Waals surface area contributed by atoms with Crippen molar-refractivity contribution < 1.29 is 9.90 Å². The molecule has 31 heavy (non-hydrogen) atoms. The minimum atomic E-state index is -0.293. The average Bonchev–Trinajstić information content (AvgIpc) is 3.19. The van der Waals surface area contributed by atoms with E-state index >= 15 is 0 Å². The molecule has 2 aromatic carbocycles. The summed E-state index contributed by atoms with van der Waals surface area (Å²) in [6.45, 7) is 0.652. The van der Waals surface area contributed by atoms with E-state index < -0.39 is 0 Å². The summed E-state index contributed by atoms with van der Waals surface area (Å²) in [6.07, 6.45) is 4.69. The third-order valence-electron chi connectivity index (χ3n) is 4.81. The number of imidazole rings is 1.